The maximum Gasteiger partial charge on any atom is 0.387 e. The van der Waals surface area contributed by atoms with Gasteiger partial charge < -0.3 is 19.2 Å². The Labute approximate surface area is 155 Å². The van der Waals surface area contributed by atoms with Crippen LogP contribution in [-0.4, -0.2) is 39.6 Å². The summed E-state index contributed by atoms with van der Waals surface area (Å²) in [5.74, 6) is 0.241. The molecule has 0 aliphatic carbocycles. The van der Waals surface area contributed by atoms with Crippen molar-refractivity contribution in [3.05, 3.63) is 36.0 Å². The first-order chi connectivity index (χ1) is 12.9. The van der Waals surface area contributed by atoms with Gasteiger partial charge in [-0.25, -0.2) is 9.97 Å². The summed E-state index contributed by atoms with van der Waals surface area (Å²) in [5, 5.41) is 3.24. The molecule has 0 radical (unpaired) electrons. The third-order valence-corrected chi connectivity index (χ3v) is 4.06. The normalized spacial score (nSPS) is 12.6. The lowest BCUT2D eigenvalue weighted by atomic mass is 10.1. The lowest BCUT2D eigenvalue weighted by molar-refractivity contribution is -0.0497. The number of alkyl halides is 2. The minimum Gasteiger partial charge on any atom is -0.478 e. The number of hydrogen-bond acceptors (Lipinski definition) is 6. The minimum absolute atomic E-state index is 0.0526. The van der Waals surface area contributed by atoms with Gasteiger partial charge in [0.05, 0.1) is 30.4 Å². The van der Waals surface area contributed by atoms with Crippen LogP contribution in [0.2, 0.25) is 0 Å². The summed E-state index contributed by atoms with van der Waals surface area (Å²) >= 11 is 0. The number of nitrogens with one attached hydrogen (secondary N) is 1. The van der Waals surface area contributed by atoms with Gasteiger partial charge in [-0.2, -0.15) is 8.78 Å². The van der Waals surface area contributed by atoms with E-state index in [0.717, 1.165) is 12.2 Å². The van der Waals surface area contributed by atoms with Crippen LogP contribution in [-0.2, 0) is 0 Å². The molecular weight excluding hydrogens is 356 g/mol. The van der Waals surface area contributed by atoms with Crippen LogP contribution in [0.1, 0.15) is 31.3 Å². The topological polar surface area (TPSA) is 73.6 Å². The van der Waals surface area contributed by atoms with Gasteiger partial charge in [0.25, 0.3) is 5.88 Å². The van der Waals surface area contributed by atoms with Gasteiger partial charge in [0, 0.05) is 24.0 Å². The number of hydrogen-bond donors (Lipinski definition) is 1. The zero-order valence-corrected chi connectivity index (χ0v) is 15.5. The quantitative estimate of drug-likeness (QED) is 0.680. The molecule has 1 atom stereocenters. The summed E-state index contributed by atoms with van der Waals surface area (Å²) in [6, 6.07) is 1.64. The van der Waals surface area contributed by atoms with E-state index in [0.29, 0.717) is 28.5 Å². The van der Waals surface area contributed by atoms with E-state index in [1.54, 1.807) is 22.9 Å². The third kappa shape index (κ3) is 3.97. The molecule has 0 spiro atoms. The number of ether oxygens (including phenoxy) is 2. The molecule has 144 valence electrons. The van der Waals surface area contributed by atoms with Crippen molar-refractivity contribution in [1.82, 2.24) is 24.7 Å². The number of halogens is 2. The molecule has 9 heteroatoms. The second-order valence-electron chi connectivity index (χ2n) is 6.01. The Kier molecular flexibility index (Phi) is 5.50. The van der Waals surface area contributed by atoms with Gasteiger partial charge in [0.1, 0.15) is 0 Å². The number of nitrogens with zero attached hydrogens (tertiary/aromatic N) is 4. The molecule has 0 saturated carbocycles. The second-order valence-corrected chi connectivity index (χ2v) is 6.01. The average molecular weight is 377 g/mol. The highest BCUT2D eigenvalue weighted by Crippen LogP contribution is 2.33. The Morgan fingerprint density at radius 1 is 1.26 bits per heavy atom. The maximum atomic E-state index is 12.9. The summed E-state index contributed by atoms with van der Waals surface area (Å²) in [7, 11) is 1.48. The molecule has 0 aliphatic heterocycles. The highest BCUT2D eigenvalue weighted by molar-refractivity contribution is 5.69. The van der Waals surface area contributed by atoms with Crippen LogP contribution in [0.4, 0.5) is 8.78 Å². The molecule has 3 aromatic rings. The van der Waals surface area contributed by atoms with Crippen LogP contribution in [0.3, 0.4) is 0 Å². The van der Waals surface area contributed by atoms with Crippen LogP contribution in [0.15, 0.2) is 24.7 Å². The third-order valence-electron chi connectivity index (χ3n) is 4.06. The van der Waals surface area contributed by atoms with Crippen LogP contribution in [0.25, 0.3) is 16.9 Å². The first kappa shape index (κ1) is 19.0. The molecule has 0 aromatic carbocycles. The minimum atomic E-state index is -2.97. The molecule has 7 nitrogen and oxygen atoms in total. The average Bonchev–Trinajstić information content (AvgIpc) is 3.01. The van der Waals surface area contributed by atoms with Crippen molar-refractivity contribution in [3.63, 3.8) is 0 Å². The molecule has 1 unspecified atom stereocenters. The molecule has 3 aromatic heterocycles. The second kappa shape index (κ2) is 7.83. The van der Waals surface area contributed by atoms with Crippen molar-refractivity contribution in [1.29, 1.82) is 0 Å². The number of aromatic nitrogens is 4. The van der Waals surface area contributed by atoms with Gasteiger partial charge in [0.2, 0.25) is 5.65 Å². The van der Waals surface area contributed by atoms with E-state index in [4.69, 9.17) is 4.74 Å². The molecule has 3 heterocycles. The van der Waals surface area contributed by atoms with Crippen LogP contribution in [0, 0.1) is 6.92 Å². The zero-order chi connectivity index (χ0) is 19.6. The molecule has 3 rings (SSSR count). The highest BCUT2D eigenvalue weighted by atomic mass is 19.3. The Balaban J connectivity index is 2.17. The fourth-order valence-corrected chi connectivity index (χ4v) is 2.86. The number of pyridine rings is 1. The van der Waals surface area contributed by atoms with Crippen molar-refractivity contribution in [2.45, 2.75) is 33.4 Å². The molecule has 0 aliphatic rings. The summed E-state index contributed by atoms with van der Waals surface area (Å²) in [5.41, 5.74) is 2.84. The predicted octanol–water partition coefficient (Wildman–Crippen LogP) is 3.38. The summed E-state index contributed by atoms with van der Waals surface area (Å²) in [6.07, 6.45) is 4.80. The fourth-order valence-electron chi connectivity index (χ4n) is 2.86. The standard InChI is InChI=1S/C18H21F2N5O2/c1-5-21-11(3)13-6-12(15(7-22-13)27-18(19)20)14-9-25-8-10(2)23-16(25)17(24-14)26-4/h6-9,11,18,21H,5H2,1-4H3. The monoisotopic (exact) mass is 377 g/mol. The van der Waals surface area contributed by atoms with E-state index in [9.17, 15) is 8.78 Å². The Hall–Kier alpha value is -2.81. The zero-order valence-electron chi connectivity index (χ0n) is 15.5. The van der Waals surface area contributed by atoms with Crippen LogP contribution in [0.5, 0.6) is 11.6 Å². The lowest BCUT2D eigenvalue weighted by Crippen LogP contribution is -2.19. The Morgan fingerprint density at radius 3 is 2.70 bits per heavy atom. The van der Waals surface area contributed by atoms with Gasteiger partial charge >= 0.3 is 6.61 Å². The van der Waals surface area contributed by atoms with Gasteiger partial charge in [0.15, 0.2) is 5.75 Å². The van der Waals surface area contributed by atoms with E-state index in [1.807, 2.05) is 20.8 Å². The van der Waals surface area contributed by atoms with E-state index < -0.39 is 6.61 Å². The highest BCUT2D eigenvalue weighted by Gasteiger charge is 2.19. The van der Waals surface area contributed by atoms with Crippen molar-refractivity contribution in [3.8, 4) is 22.9 Å². The number of aryl methyl sites for hydroxylation is 1. The molecule has 0 saturated heterocycles. The molecule has 0 fully saturated rings. The van der Waals surface area contributed by atoms with Crippen LogP contribution < -0.4 is 14.8 Å². The van der Waals surface area contributed by atoms with Gasteiger partial charge in [-0.1, -0.05) is 6.92 Å². The summed E-state index contributed by atoms with van der Waals surface area (Å²) in [6.45, 7) is 3.55. The van der Waals surface area contributed by atoms with Gasteiger partial charge in [-0.3, -0.25) is 4.98 Å². The lowest BCUT2D eigenvalue weighted by Gasteiger charge is -2.16. The van der Waals surface area contributed by atoms with Gasteiger partial charge in [-0.05, 0) is 26.5 Å². The molecule has 27 heavy (non-hydrogen) atoms. The summed E-state index contributed by atoms with van der Waals surface area (Å²) in [4.78, 5) is 13.0. The smallest absolute Gasteiger partial charge is 0.387 e. The SMILES string of the molecule is CCNC(C)c1cc(-c2cn3cc(C)nc3c(OC)n2)c(OC(F)F)cn1. The number of imidazole rings is 1. The van der Waals surface area contributed by atoms with Crippen molar-refractivity contribution in [2.24, 2.45) is 0 Å². The van der Waals surface area contributed by atoms with E-state index >= 15 is 0 Å². The first-order valence-corrected chi connectivity index (χ1v) is 8.51. The Morgan fingerprint density at radius 2 is 2.04 bits per heavy atom. The van der Waals surface area contributed by atoms with Gasteiger partial charge in [-0.15, -0.1) is 0 Å². The number of methoxy groups -OCH3 is 1. The van der Waals surface area contributed by atoms with Crippen molar-refractivity contribution < 1.29 is 18.3 Å². The first-order valence-electron chi connectivity index (χ1n) is 8.51. The summed E-state index contributed by atoms with van der Waals surface area (Å²) < 4.78 is 37.5. The molecule has 0 bridgehead atoms. The van der Waals surface area contributed by atoms with E-state index in [2.05, 4.69) is 25.0 Å². The van der Waals surface area contributed by atoms with E-state index in [1.165, 1.54) is 13.3 Å². The van der Waals surface area contributed by atoms with Crippen molar-refractivity contribution >= 4 is 5.65 Å². The largest absolute Gasteiger partial charge is 0.478 e. The number of fused-ring (bicyclic) bond motifs is 1. The molecular formula is C18H21F2N5O2. The van der Waals surface area contributed by atoms with Crippen LogP contribution >= 0.6 is 0 Å². The fraction of sp³-hybridized carbons (Fsp3) is 0.389. The number of rotatable bonds is 7. The molecule has 1 N–H and O–H groups in total. The predicted molar refractivity (Wildman–Crippen MR) is 96.2 cm³/mol. The molecule has 0 amide bonds. The maximum absolute atomic E-state index is 12.9. The van der Waals surface area contributed by atoms with E-state index in [-0.39, 0.29) is 11.8 Å². The van der Waals surface area contributed by atoms with Crippen molar-refractivity contribution in [2.75, 3.05) is 13.7 Å². The Bertz CT molecular complexity index is 945.